The van der Waals surface area contributed by atoms with E-state index in [1.165, 1.54) is 13.2 Å². The van der Waals surface area contributed by atoms with Crippen molar-refractivity contribution in [2.24, 2.45) is 0 Å². The van der Waals surface area contributed by atoms with Crippen molar-refractivity contribution >= 4 is 5.91 Å². The molecule has 0 aromatic heterocycles. The van der Waals surface area contributed by atoms with Crippen molar-refractivity contribution < 1.29 is 27.8 Å². The summed E-state index contributed by atoms with van der Waals surface area (Å²) in [7, 11) is 1.38. The third-order valence-electron chi connectivity index (χ3n) is 4.05. The van der Waals surface area contributed by atoms with Crippen molar-refractivity contribution in [3.05, 3.63) is 41.5 Å². The molecule has 3 rings (SSSR count). The van der Waals surface area contributed by atoms with Gasteiger partial charge in [-0.05, 0) is 41.8 Å². The van der Waals surface area contributed by atoms with E-state index in [-0.39, 0.29) is 17.4 Å². The topological polar surface area (TPSA) is 56.8 Å². The maximum atomic E-state index is 12.7. The molecule has 7 heteroatoms. The van der Waals surface area contributed by atoms with Gasteiger partial charge in [0.25, 0.3) is 5.91 Å². The lowest BCUT2D eigenvalue weighted by Crippen LogP contribution is -2.12. The second kappa shape index (κ2) is 7.59. The Morgan fingerprint density at radius 1 is 1.15 bits per heavy atom. The van der Waals surface area contributed by atoms with E-state index in [0.29, 0.717) is 30.0 Å². The fourth-order valence-corrected chi connectivity index (χ4v) is 2.90. The van der Waals surface area contributed by atoms with Gasteiger partial charge in [-0.2, -0.15) is 8.78 Å². The standard InChI is InChI=1S/C19H19F2NO4/c1-3-8-25-16-13(6-7-15(17(16)24-2)26-19(20)21)11-4-5-14-12(9-11)10-22-18(14)23/h4-7,9,19H,3,8,10H2,1-2H3,(H,22,23). The number of carbonyl (C=O) groups excluding carboxylic acids is 1. The monoisotopic (exact) mass is 363 g/mol. The van der Waals surface area contributed by atoms with Gasteiger partial charge < -0.3 is 19.5 Å². The Labute approximate surface area is 149 Å². The quantitative estimate of drug-likeness (QED) is 0.808. The molecule has 1 N–H and O–H groups in total. The number of alkyl halides is 2. The number of benzene rings is 2. The van der Waals surface area contributed by atoms with Crippen molar-refractivity contribution in [2.75, 3.05) is 13.7 Å². The number of carbonyl (C=O) groups is 1. The highest BCUT2D eigenvalue weighted by Crippen LogP contribution is 2.45. The average Bonchev–Trinajstić information content (AvgIpc) is 2.99. The maximum absolute atomic E-state index is 12.7. The van der Waals surface area contributed by atoms with Crippen LogP contribution in [0.1, 0.15) is 29.3 Å². The highest BCUT2D eigenvalue weighted by atomic mass is 19.3. The first-order valence-corrected chi connectivity index (χ1v) is 8.25. The summed E-state index contributed by atoms with van der Waals surface area (Å²) < 4.78 is 41.0. The first-order valence-electron chi connectivity index (χ1n) is 8.25. The third-order valence-corrected chi connectivity index (χ3v) is 4.05. The van der Waals surface area contributed by atoms with E-state index in [9.17, 15) is 13.6 Å². The molecule has 0 saturated heterocycles. The molecule has 0 radical (unpaired) electrons. The average molecular weight is 363 g/mol. The van der Waals surface area contributed by atoms with E-state index in [2.05, 4.69) is 10.1 Å². The molecule has 0 fully saturated rings. The Kier molecular flexibility index (Phi) is 5.25. The molecule has 0 bridgehead atoms. The summed E-state index contributed by atoms with van der Waals surface area (Å²) in [6.07, 6.45) is 0.741. The summed E-state index contributed by atoms with van der Waals surface area (Å²) in [5.74, 6) is 0.262. The molecule has 0 aliphatic carbocycles. The fraction of sp³-hybridized carbons (Fsp3) is 0.316. The first-order chi connectivity index (χ1) is 12.5. The highest BCUT2D eigenvalue weighted by molar-refractivity contribution is 5.99. The van der Waals surface area contributed by atoms with Gasteiger partial charge in [0.15, 0.2) is 11.5 Å². The largest absolute Gasteiger partial charge is 0.490 e. The molecule has 0 saturated carbocycles. The predicted molar refractivity (Wildman–Crippen MR) is 92.0 cm³/mol. The predicted octanol–water partition coefficient (Wildman–Crippen LogP) is 4.00. The molecule has 2 aromatic carbocycles. The van der Waals surface area contributed by atoms with Crippen LogP contribution in [0.3, 0.4) is 0 Å². The lowest BCUT2D eigenvalue weighted by molar-refractivity contribution is -0.0513. The van der Waals surface area contributed by atoms with Gasteiger partial charge in [-0.3, -0.25) is 4.79 Å². The number of amides is 1. The molecule has 26 heavy (non-hydrogen) atoms. The van der Waals surface area contributed by atoms with E-state index < -0.39 is 6.61 Å². The van der Waals surface area contributed by atoms with Crippen LogP contribution in [0.4, 0.5) is 8.78 Å². The van der Waals surface area contributed by atoms with Crippen molar-refractivity contribution in [1.82, 2.24) is 5.32 Å². The van der Waals surface area contributed by atoms with Gasteiger partial charge >= 0.3 is 6.61 Å². The zero-order valence-electron chi connectivity index (χ0n) is 14.5. The van der Waals surface area contributed by atoms with Crippen molar-refractivity contribution in [2.45, 2.75) is 26.5 Å². The minimum Gasteiger partial charge on any atom is -0.490 e. The van der Waals surface area contributed by atoms with Crippen molar-refractivity contribution in [3.8, 4) is 28.4 Å². The minimum absolute atomic E-state index is 0.0876. The molecule has 5 nitrogen and oxygen atoms in total. The Balaban J connectivity index is 2.09. The number of ether oxygens (including phenoxy) is 3. The molecule has 1 heterocycles. The number of fused-ring (bicyclic) bond motifs is 1. The Morgan fingerprint density at radius 3 is 2.62 bits per heavy atom. The van der Waals surface area contributed by atoms with Gasteiger partial charge in [-0.15, -0.1) is 0 Å². The summed E-state index contributed by atoms with van der Waals surface area (Å²) in [4.78, 5) is 11.7. The molecule has 0 unspecified atom stereocenters. The second-order valence-electron chi connectivity index (χ2n) is 5.76. The summed E-state index contributed by atoms with van der Waals surface area (Å²) >= 11 is 0. The SMILES string of the molecule is CCCOc1c(-c2ccc3c(c2)CNC3=O)ccc(OC(F)F)c1OC. The molecular weight excluding hydrogens is 344 g/mol. The smallest absolute Gasteiger partial charge is 0.387 e. The van der Waals surface area contributed by atoms with Crippen LogP contribution >= 0.6 is 0 Å². The fourth-order valence-electron chi connectivity index (χ4n) is 2.90. The van der Waals surface area contributed by atoms with Crippen molar-refractivity contribution in [1.29, 1.82) is 0 Å². The van der Waals surface area contributed by atoms with Gasteiger partial charge in [0.1, 0.15) is 0 Å². The first kappa shape index (κ1) is 18.0. The van der Waals surface area contributed by atoms with Crippen LogP contribution in [0.15, 0.2) is 30.3 Å². The Hall–Kier alpha value is -2.83. The number of rotatable bonds is 7. The van der Waals surface area contributed by atoms with Crippen LogP contribution < -0.4 is 19.5 Å². The van der Waals surface area contributed by atoms with Gasteiger partial charge in [0.05, 0.1) is 13.7 Å². The minimum atomic E-state index is -2.97. The summed E-state index contributed by atoms with van der Waals surface area (Å²) in [5.41, 5.74) is 2.99. The van der Waals surface area contributed by atoms with Gasteiger partial charge in [-0.25, -0.2) is 0 Å². The zero-order chi connectivity index (χ0) is 18.7. The number of methoxy groups -OCH3 is 1. The molecular formula is C19H19F2NO4. The van der Waals surface area contributed by atoms with Crippen LogP contribution in [-0.2, 0) is 6.54 Å². The molecule has 0 atom stereocenters. The van der Waals surface area contributed by atoms with E-state index in [0.717, 1.165) is 17.5 Å². The number of nitrogens with one attached hydrogen (secondary N) is 1. The van der Waals surface area contributed by atoms with E-state index in [1.54, 1.807) is 18.2 Å². The normalized spacial score (nSPS) is 12.7. The molecule has 1 aliphatic heterocycles. The van der Waals surface area contributed by atoms with E-state index in [1.807, 2.05) is 13.0 Å². The Morgan fingerprint density at radius 2 is 1.92 bits per heavy atom. The van der Waals surface area contributed by atoms with Crippen LogP contribution in [-0.4, -0.2) is 26.2 Å². The van der Waals surface area contributed by atoms with Crippen LogP contribution in [0.5, 0.6) is 17.2 Å². The lowest BCUT2D eigenvalue weighted by Gasteiger charge is -2.18. The lowest BCUT2D eigenvalue weighted by atomic mass is 9.99. The number of hydrogen-bond acceptors (Lipinski definition) is 4. The van der Waals surface area contributed by atoms with Crippen LogP contribution in [0.2, 0.25) is 0 Å². The zero-order valence-corrected chi connectivity index (χ0v) is 14.5. The summed E-state index contributed by atoms with van der Waals surface area (Å²) in [6, 6.07) is 8.50. The summed E-state index contributed by atoms with van der Waals surface area (Å²) in [5, 5.41) is 2.77. The molecule has 0 spiro atoms. The highest BCUT2D eigenvalue weighted by Gasteiger charge is 2.23. The Bertz CT molecular complexity index is 823. The van der Waals surface area contributed by atoms with Gasteiger partial charge in [-0.1, -0.05) is 13.0 Å². The van der Waals surface area contributed by atoms with Crippen LogP contribution in [0.25, 0.3) is 11.1 Å². The van der Waals surface area contributed by atoms with Crippen molar-refractivity contribution in [3.63, 3.8) is 0 Å². The van der Waals surface area contributed by atoms with Gasteiger partial charge in [0.2, 0.25) is 5.75 Å². The number of hydrogen-bond donors (Lipinski definition) is 1. The van der Waals surface area contributed by atoms with Crippen LogP contribution in [0, 0.1) is 0 Å². The third kappa shape index (κ3) is 3.42. The molecule has 138 valence electrons. The molecule has 2 aromatic rings. The molecule has 1 aliphatic rings. The second-order valence-corrected chi connectivity index (χ2v) is 5.76. The molecule has 1 amide bonds. The van der Waals surface area contributed by atoms with E-state index in [4.69, 9.17) is 9.47 Å². The van der Waals surface area contributed by atoms with Gasteiger partial charge in [0, 0.05) is 17.7 Å². The maximum Gasteiger partial charge on any atom is 0.387 e. The summed E-state index contributed by atoms with van der Waals surface area (Å²) in [6.45, 7) is -0.173. The van der Waals surface area contributed by atoms with E-state index >= 15 is 0 Å². The number of halogens is 2.